The van der Waals surface area contributed by atoms with Gasteiger partial charge in [-0.1, -0.05) is 78.9 Å². The predicted octanol–water partition coefficient (Wildman–Crippen LogP) is 14.3. The maximum atomic E-state index is 15.2. The van der Waals surface area contributed by atoms with E-state index in [2.05, 4.69) is 33.9 Å². The molecule has 4 atom stereocenters. The lowest BCUT2D eigenvalue weighted by atomic mass is 10.0. The number of rotatable bonds is 21. The fraction of sp³-hybridized carbons (Fsp3) is 0.343. The third-order valence-electron chi connectivity index (χ3n) is 16.9. The number of hydrogen-bond donors (Lipinski definition) is 0. The fourth-order valence-electron chi connectivity index (χ4n) is 12.9. The molecule has 2 saturated carbocycles. The molecule has 8 aromatic rings. The lowest BCUT2D eigenvalue weighted by Crippen LogP contribution is -2.18. The molecule has 2 aromatic heterocycles. The highest BCUT2D eigenvalue weighted by Gasteiger charge is 2.41. The Kier molecular flexibility index (Phi) is 21.6. The molecule has 2 aliphatic carbocycles. The third kappa shape index (κ3) is 16.8. The third-order valence-corrected chi connectivity index (χ3v) is 17.7. The second-order valence-corrected chi connectivity index (χ2v) is 25.0. The smallest absolute Gasteiger partial charge is 0.272 e. The largest absolute Gasteiger partial charge is 0.493 e. The number of nitriles is 1. The summed E-state index contributed by atoms with van der Waals surface area (Å²) in [7, 11) is 7.56. The molecule has 0 spiro atoms. The van der Waals surface area contributed by atoms with Crippen LogP contribution in [0.4, 0.5) is 14.5 Å². The number of halogens is 2. The minimum atomic E-state index is -0.821. The summed E-state index contributed by atoms with van der Waals surface area (Å²) in [5.41, 5.74) is 3.54. The molecular formula is C70H70F2N6O10S2. The van der Waals surface area contributed by atoms with Gasteiger partial charge in [0.15, 0.2) is 46.1 Å². The van der Waals surface area contributed by atoms with Gasteiger partial charge in [0, 0.05) is 110 Å². The first-order valence-electron chi connectivity index (χ1n) is 29.9. The lowest BCUT2D eigenvalue weighted by molar-refractivity contribution is -0.385. The van der Waals surface area contributed by atoms with E-state index >= 15 is 4.39 Å². The monoisotopic (exact) mass is 1260 g/mol. The second-order valence-electron chi connectivity index (χ2n) is 23.6. The first-order chi connectivity index (χ1) is 43.6. The molecule has 2 saturated heterocycles. The highest BCUT2D eigenvalue weighted by Crippen LogP contribution is 2.45. The van der Waals surface area contributed by atoms with Crippen LogP contribution in [-0.2, 0) is 28.9 Å². The van der Waals surface area contributed by atoms with Crippen molar-refractivity contribution in [2.24, 2.45) is 35.5 Å². The number of pyridine rings is 2. The number of thioether (sulfide) groups is 1. The van der Waals surface area contributed by atoms with E-state index < -0.39 is 16.6 Å². The quantitative estimate of drug-likeness (QED) is 0.0286. The Morgan fingerprint density at radius 1 is 0.600 bits per heavy atom. The summed E-state index contributed by atoms with van der Waals surface area (Å²) >= 11 is 6.16. The van der Waals surface area contributed by atoms with Crippen molar-refractivity contribution in [2.45, 2.75) is 51.4 Å². The molecule has 4 fully saturated rings. The van der Waals surface area contributed by atoms with Gasteiger partial charge in [-0.15, -0.1) is 0 Å². The number of thiocarbonyl (C=S) groups is 1. The van der Waals surface area contributed by atoms with Crippen LogP contribution in [0.15, 0.2) is 146 Å². The van der Waals surface area contributed by atoms with Crippen LogP contribution in [0.25, 0.3) is 21.8 Å². The van der Waals surface area contributed by atoms with Crippen LogP contribution in [0.3, 0.4) is 0 Å². The van der Waals surface area contributed by atoms with Crippen LogP contribution in [0, 0.1) is 67.9 Å². The van der Waals surface area contributed by atoms with Crippen LogP contribution in [0.2, 0.25) is 0 Å². The highest BCUT2D eigenvalue weighted by molar-refractivity contribution is 8.17. The Morgan fingerprint density at radius 2 is 1.07 bits per heavy atom. The summed E-state index contributed by atoms with van der Waals surface area (Å²) < 4.78 is 65.1. The van der Waals surface area contributed by atoms with E-state index in [1.165, 1.54) is 70.1 Å². The van der Waals surface area contributed by atoms with Crippen LogP contribution >= 0.6 is 24.0 Å². The van der Waals surface area contributed by atoms with E-state index in [1.54, 1.807) is 68.4 Å². The Labute approximate surface area is 531 Å². The number of aromatic nitrogens is 2. The zero-order valence-electron chi connectivity index (χ0n) is 50.6. The van der Waals surface area contributed by atoms with E-state index in [1.807, 2.05) is 72.8 Å². The molecule has 12 rings (SSSR count). The van der Waals surface area contributed by atoms with Gasteiger partial charge in [0.25, 0.3) is 5.69 Å². The molecule has 4 unspecified atom stereocenters. The molecule has 20 heteroatoms. The average molecular weight is 1260 g/mol. The van der Waals surface area contributed by atoms with E-state index in [0.29, 0.717) is 123 Å². The Hall–Kier alpha value is -8.61. The summed E-state index contributed by atoms with van der Waals surface area (Å²) in [4.78, 5) is 48.0. The van der Waals surface area contributed by atoms with Crippen LogP contribution < -0.4 is 28.4 Å². The van der Waals surface area contributed by atoms with Gasteiger partial charge in [-0.05, 0) is 134 Å². The number of nitrogens with zero attached hydrogens (tertiary/aromatic N) is 6. The molecular weight excluding hydrogens is 1190 g/mol. The van der Waals surface area contributed by atoms with Gasteiger partial charge in [0.2, 0.25) is 5.12 Å². The van der Waals surface area contributed by atoms with Crippen LogP contribution in [-0.4, -0.2) is 108 Å². The highest BCUT2D eigenvalue weighted by atomic mass is 32.2. The summed E-state index contributed by atoms with van der Waals surface area (Å²) in [6.07, 6.45) is 9.14. The summed E-state index contributed by atoms with van der Waals surface area (Å²) in [5, 5.41) is 22.0. The van der Waals surface area contributed by atoms with E-state index in [-0.39, 0.29) is 34.5 Å². The van der Waals surface area contributed by atoms with Gasteiger partial charge in [-0.25, -0.2) is 8.78 Å². The Bertz CT molecular complexity index is 3890. The molecule has 2 aliphatic heterocycles. The second kappa shape index (κ2) is 30.3. The molecule has 90 heavy (non-hydrogen) atoms. The van der Waals surface area contributed by atoms with E-state index in [9.17, 15) is 24.1 Å². The minimum absolute atomic E-state index is 0.0454. The van der Waals surface area contributed by atoms with Gasteiger partial charge < -0.3 is 38.2 Å². The van der Waals surface area contributed by atoms with Crippen LogP contribution in [0.5, 0.6) is 46.0 Å². The number of benzene rings is 6. The van der Waals surface area contributed by atoms with Gasteiger partial charge in [-0.3, -0.25) is 29.7 Å². The topological polar surface area (TPSA) is 189 Å². The van der Waals surface area contributed by atoms with Crippen molar-refractivity contribution in [1.82, 2.24) is 19.8 Å². The van der Waals surface area contributed by atoms with Gasteiger partial charge in [-0.2, -0.15) is 5.26 Å². The Morgan fingerprint density at radius 3 is 1.51 bits per heavy atom. The number of methoxy groups -OCH3 is 2. The molecule has 0 N–H and O–H groups in total. The summed E-state index contributed by atoms with van der Waals surface area (Å²) in [6, 6.07) is 37.6. The van der Waals surface area contributed by atoms with E-state index in [0.717, 1.165) is 40.9 Å². The SMILES string of the molecule is COc1cc2c(Oc3ccc(CC(=S)CC(=O)Cc4ccccc4)cc3F)ccnc2cc1OCC1CC2CN(C)CC2C1.COc1cc2c(Oc3ccc([N+](=O)[O-])cc3F)ccnc2cc1OCC1CC2CN(C)CC2C1.N#CSC(=O)Cc1ccccc1. The number of fused-ring (bicyclic) bond motifs is 4. The Balaban J connectivity index is 0.000000171. The number of likely N-dealkylation sites (tertiary alicyclic amines) is 2. The maximum Gasteiger partial charge on any atom is 0.272 e. The minimum Gasteiger partial charge on any atom is -0.493 e. The number of nitro groups is 1. The number of Topliss-reactive ketones (excluding diaryl/α,β-unsaturated/α-hetero) is 1. The number of ketones is 1. The number of carbonyl (C=O) groups excluding carboxylic acids is 2. The van der Waals surface area contributed by atoms with Crippen molar-refractivity contribution in [3.63, 3.8) is 0 Å². The molecule has 0 bridgehead atoms. The van der Waals surface area contributed by atoms with Gasteiger partial charge in [0.1, 0.15) is 22.7 Å². The maximum absolute atomic E-state index is 15.2. The molecule has 466 valence electrons. The van der Waals surface area contributed by atoms with Gasteiger partial charge >= 0.3 is 0 Å². The summed E-state index contributed by atoms with van der Waals surface area (Å²) in [6.45, 7) is 5.98. The van der Waals surface area contributed by atoms with Crippen molar-refractivity contribution >= 4 is 67.2 Å². The molecule has 4 heterocycles. The number of ether oxygens (including phenoxy) is 6. The number of thiocyanates is 1. The molecule has 0 amide bonds. The zero-order chi connectivity index (χ0) is 63.3. The molecule has 0 radical (unpaired) electrons. The van der Waals surface area contributed by atoms with Crippen molar-refractivity contribution in [3.05, 3.63) is 184 Å². The zero-order valence-corrected chi connectivity index (χ0v) is 52.2. The van der Waals surface area contributed by atoms with Crippen molar-refractivity contribution in [3.8, 4) is 51.4 Å². The average Bonchev–Trinajstić information content (AvgIpc) is 2.11. The van der Waals surface area contributed by atoms with Gasteiger partial charge in [0.05, 0.1) is 49.5 Å². The van der Waals surface area contributed by atoms with Crippen molar-refractivity contribution < 1.29 is 51.7 Å². The predicted molar refractivity (Wildman–Crippen MR) is 346 cm³/mol. The molecule has 16 nitrogen and oxygen atoms in total. The van der Waals surface area contributed by atoms with E-state index in [4.69, 9.17) is 45.9 Å². The first kappa shape index (κ1) is 64.4. The number of non-ortho nitro benzene ring substituents is 1. The standard InChI is InChI=1S/C36H37FN2O4S.C25H26FN3O5.C9H7NOS/c1-39-20-26-12-25(13-27(26)21-39)22-42-36-19-32-30(18-35(36)41-2)33(10-11-38-32)43-34-9-8-24(16-31(34)37)15-29(44)17-28(40)14-23-6-4-3-5-7-23;1-28-12-16-7-15(8-17(16)13-28)14-33-25-11-21-19(10-24(25)32-2)22(5-6-27-21)34-23-4-3-18(29(30)31)9-20(23)26;10-7-12-9(11)6-8-4-2-1-3-5-8/h3-11,16,18-19,25-27H,12-15,17,20-22H2,1-2H3;3-6,9-11,15-17H,7-8,12-14H2,1-2H3;1-5H,6H2. The van der Waals surface area contributed by atoms with Crippen molar-refractivity contribution in [1.29, 1.82) is 5.26 Å². The first-order valence-corrected chi connectivity index (χ1v) is 31.1. The van der Waals surface area contributed by atoms with Crippen molar-refractivity contribution in [2.75, 3.05) is 67.7 Å². The number of nitro benzene ring substituents is 1. The molecule has 4 aliphatic rings. The number of carbonyl (C=O) groups is 2. The summed E-state index contributed by atoms with van der Waals surface area (Å²) in [5.74, 6) is 6.01. The normalized spacial score (nSPS) is 19.1. The molecule has 6 aromatic carbocycles. The lowest BCUT2D eigenvalue weighted by Gasteiger charge is -2.18. The van der Waals surface area contributed by atoms with Crippen LogP contribution in [0.1, 0.15) is 48.8 Å². The number of hydrogen-bond acceptors (Lipinski definition) is 17. The fourth-order valence-corrected chi connectivity index (χ4v) is 13.6.